The molecule has 0 aliphatic rings. The van der Waals surface area contributed by atoms with Crippen molar-refractivity contribution in [2.75, 3.05) is 13.7 Å². The predicted molar refractivity (Wildman–Crippen MR) is 77.8 cm³/mol. The molecule has 1 unspecified atom stereocenters. The number of carbonyl (C=O) groups excluding carboxylic acids is 1. The molecule has 2 aromatic carbocycles. The summed E-state index contributed by atoms with van der Waals surface area (Å²) < 4.78 is 5.34. The summed E-state index contributed by atoms with van der Waals surface area (Å²) in [6.45, 7) is 2.41. The zero-order valence-electron chi connectivity index (χ0n) is 10.9. The number of rotatable bonds is 4. The van der Waals surface area contributed by atoms with E-state index in [4.69, 9.17) is 16.3 Å². The van der Waals surface area contributed by atoms with Crippen LogP contribution in [-0.4, -0.2) is 19.6 Å². The van der Waals surface area contributed by atoms with E-state index in [9.17, 15) is 4.79 Å². The molecule has 0 bridgehead atoms. The number of hydrogen-bond donors (Lipinski definition) is 1. The van der Waals surface area contributed by atoms with E-state index in [1.165, 1.54) is 0 Å². The van der Waals surface area contributed by atoms with Crippen molar-refractivity contribution in [3.63, 3.8) is 0 Å². The van der Waals surface area contributed by atoms with Crippen molar-refractivity contribution in [1.29, 1.82) is 0 Å². The summed E-state index contributed by atoms with van der Waals surface area (Å²) in [5.41, 5.74) is 0.716. The second-order valence-electron chi connectivity index (χ2n) is 4.16. The first-order valence-corrected chi connectivity index (χ1v) is 6.60. The Morgan fingerprint density at radius 2 is 2.05 bits per heavy atom. The third kappa shape index (κ3) is 2.66. The van der Waals surface area contributed by atoms with Crippen molar-refractivity contribution >= 4 is 28.3 Å². The number of carbonyl (C=O) groups is 1. The number of ether oxygens (including phenoxy) is 1. The fourth-order valence-corrected chi connectivity index (χ4v) is 2.41. The number of alkyl halides is 1. The zero-order valence-corrected chi connectivity index (χ0v) is 11.7. The van der Waals surface area contributed by atoms with Gasteiger partial charge in [-0.3, -0.25) is 4.79 Å². The van der Waals surface area contributed by atoms with Gasteiger partial charge in [0.15, 0.2) is 0 Å². The van der Waals surface area contributed by atoms with E-state index in [1.807, 2.05) is 43.3 Å². The summed E-state index contributed by atoms with van der Waals surface area (Å²) in [7, 11) is 1.58. The molecule has 3 nitrogen and oxygen atoms in total. The van der Waals surface area contributed by atoms with E-state index < -0.39 is 5.38 Å². The Kier molecular flexibility index (Phi) is 4.27. The van der Waals surface area contributed by atoms with Gasteiger partial charge in [0.05, 0.1) is 7.11 Å². The summed E-state index contributed by atoms with van der Waals surface area (Å²) in [4.78, 5) is 12.0. The first-order valence-electron chi connectivity index (χ1n) is 6.16. The third-order valence-corrected chi connectivity index (χ3v) is 3.40. The minimum atomic E-state index is -0.763. The van der Waals surface area contributed by atoms with Gasteiger partial charge in [-0.15, -0.1) is 11.6 Å². The summed E-state index contributed by atoms with van der Waals surface area (Å²) in [6.07, 6.45) is 0. The molecule has 0 aliphatic carbocycles. The van der Waals surface area contributed by atoms with E-state index in [1.54, 1.807) is 7.11 Å². The molecule has 4 heteroatoms. The van der Waals surface area contributed by atoms with E-state index in [0.717, 1.165) is 10.8 Å². The normalized spacial score (nSPS) is 12.2. The largest absolute Gasteiger partial charge is 0.496 e. The van der Waals surface area contributed by atoms with Crippen molar-refractivity contribution in [3.8, 4) is 5.75 Å². The van der Waals surface area contributed by atoms with Gasteiger partial charge in [0, 0.05) is 12.1 Å². The van der Waals surface area contributed by atoms with E-state index in [2.05, 4.69) is 5.32 Å². The summed E-state index contributed by atoms with van der Waals surface area (Å²) in [5.74, 6) is 0.420. The van der Waals surface area contributed by atoms with Crippen LogP contribution >= 0.6 is 11.6 Å². The molecule has 1 amide bonds. The Labute approximate surface area is 117 Å². The highest BCUT2D eigenvalue weighted by molar-refractivity contribution is 6.32. The molecule has 0 aromatic heterocycles. The molecule has 2 rings (SSSR count). The Bertz CT molecular complexity index is 598. The van der Waals surface area contributed by atoms with E-state index in [-0.39, 0.29) is 5.91 Å². The van der Waals surface area contributed by atoms with Crippen LogP contribution in [0.4, 0.5) is 0 Å². The first kappa shape index (κ1) is 13.7. The number of likely N-dealkylation sites (N-methyl/N-ethyl adjacent to an activating group) is 1. The van der Waals surface area contributed by atoms with Crippen LogP contribution in [0.2, 0.25) is 0 Å². The van der Waals surface area contributed by atoms with Crippen LogP contribution in [-0.2, 0) is 4.79 Å². The molecule has 0 heterocycles. The lowest BCUT2D eigenvalue weighted by Crippen LogP contribution is -2.26. The molecule has 2 aromatic rings. The van der Waals surface area contributed by atoms with Crippen LogP contribution in [0.1, 0.15) is 17.9 Å². The van der Waals surface area contributed by atoms with Gasteiger partial charge in [0.2, 0.25) is 5.91 Å². The summed E-state index contributed by atoms with van der Waals surface area (Å²) in [6, 6.07) is 11.6. The lowest BCUT2D eigenvalue weighted by atomic mass is 10.0. The average Bonchev–Trinajstić information content (AvgIpc) is 2.45. The van der Waals surface area contributed by atoms with Crippen LogP contribution in [0.25, 0.3) is 10.8 Å². The number of fused-ring (bicyclic) bond motifs is 1. The Morgan fingerprint density at radius 3 is 2.74 bits per heavy atom. The molecule has 1 atom stereocenters. The Hall–Kier alpha value is -1.74. The minimum Gasteiger partial charge on any atom is -0.496 e. The maximum atomic E-state index is 12.0. The maximum absolute atomic E-state index is 12.0. The van der Waals surface area contributed by atoms with Gasteiger partial charge >= 0.3 is 0 Å². The van der Waals surface area contributed by atoms with Crippen molar-refractivity contribution in [2.24, 2.45) is 0 Å². The van der Waals surface area contributed by atoms with Gasteiger partial charge in [0.25, 0.3) is 0 Å². The molecular formula is C15H16ClNO2. The highest BCUT2D eigenvalue weighted by Gasteiger charge is 2.23. The molecule has 0 radical (unpaired) electrons. The fraction of sp³-hybridized carbons (Fsp3) is 0.267. The standard InChI is InChI=1S/C15H16ClNO2/c1-3-17-15(18)14(16)13-11-7-5-4-6-10(11)8-9-12(13)19-2/h4-9,14H,3H2,1-2H3,(H,17,18). The van der Waals surface area contributed by atoms with Gasteiger partial charge in [-0.1, -0.05) is 30.3 Å². The highest BCUT2D eigenvalue weighted by atomic mass is 35.5. The van der Waals surface area contributed by atoms with Crippen molar-refractivity contribution in [3.05, 3.63) is 42.0 Å². The van der Waals surface area contributed by atoms with Crippen LogP contribution in [0.3, 0.4) is 0 Å². The lowest BCUT2D eigenvalue weighted by Gasteiger charge is -2.16. The molecule has 0 aliphatic heterocycles. The van der Waals surface area contributed by atoms with Gasteiger partial charge in [-0.2, -0.15) is 0 Å². The van der Waals surface area contributed by atoms with Crippen molar-refractivity contribution in [1.82, 2.24) is 5.32 Å². The second-order valence-corrected chi connectivity index (χ2v) is 4.60. The number of methoxy groups -OCH3 is 1. The van der Waals surface area contributed by atoms with Gasteiger partial charge in [-0.05, 0) is 23.8 Å². The SMILES string of the molecule is CCNC(=O)C(Cl)c1c(OC)ccc2ccccc12. The fourth-order valence-electron chi connectivity index (χ4n) is 2.11. The van der Waals surface area contributed by atoms with Gasteiger partial charge in [0.1, 0.15) is 11.1 Å². The zero-order chi connectivity index (χ0) is 13.8. The summed E-state index contributed by atoms with van der Waals surface area (Å²) in [5, 5.41) is 3.94. The number of benzene rings is 2. The number of nitrogens with one attached hydrogen (secondary N) is 1. The number of hydrogen-bond acceptors (Lipinski definition) is 2. The second kappa shape index (κ2) is 5.93. The molecule has 0 spiro atoms. The monoisotopic (exact) mass is 277 g/mol. The van der Waals surface area contributed by atoms with Crippen LogP contribution in [0.15, 0.2) is 36.4 Å². The van der Waals surface area contributed by atoms with Gasteiger partial charge < -0.3 is 10.1 Å². The Balaban J connectivity index is 2.58. The third-order valence-electron chi connectivity index (χ3n) is 2.99. The molecule has 0 saturated carbocycles. The lowest BCUT2D eigenvalue weighted by molar-refractivity contribution is -0.120. The molecule has 19 heavy (non-hydrogen) atoms. The molecule has 0 fully saturated rings. The Morgan fingerprint density at radius 1 is 1.32 bits per heavy atom. The van der Waals surface area contributed by atoms with Crippen LogP contribution < -0.4 is 10.1 Å². The number of amides is 1. The van der Waals surface area contributed by atoms with Crippen LogP contribution in [0, 0.1) is 0 Å². The minimum absolute atomic E-state index is 0.209. The predicted octanol–water partition coefficient (Wildman–Crippen LogP) is 3.26. The van der Waals surface area contributed by atoms with E-state index in [0.29, 0.717) is 17.9 Å². The quantitative estimate of drug-likeness (QED) is 0.871. The average molecular weight is 278 g/mol. The van der Waals surface area contributed by atoms with Gasteiger partial charge in [-0.25, -0.2) is 0 Å². The first-order chi connectivity index (χ1) is 9.19. The molecule has 0 saturated heterocycles. The molecule has 100 valence electrons. The topological polar surface area (TPSA) is 38.3 Å². The highest BCUT2D eigenvalue weighted by Crippen LogP contribution is 2.36. The smallest absolute Gasteiger partial charge is 0.242 e. The van der Waals surface area contributed by atoms with Crippen molar-refractivity contribution < 1.29 is 9.53 Å². The molecular weight excluding hydrogens is 262 g/mol. The van der Waals surface area contributed by atoms with E-state index >= 15 is 0 Å². The number of halogens is 1. The maximum Gasteiger partial charge on any atom is 0.242 e. The summed E-state index contributed by atoms with van der Waals surface area (Å²) >= 11 is 6.31. The van der Waals surface area contributed by atoms with Crippen molar-refractivity contribution in [2.45, 2.75) is 12.3 Å². The van der Waals surface area contributed by atoms with Crippen LogP contribution in [0.5, 0.6) is 5.75 Å². The molecule has 1 N–H and O–H groups in total.